The minimum atomic E-state index is 0.00190. The second kappa shape index (κ2) is 3.38. The zero-order chi connectivity index (χ0) is 11.0. The van der Waals surface area contributed by atoms with Crippen molar-refractivity contribution in [1.29, 1.82) is 0 Å². The Kier molecular flexibility index (Phi) is 2.00. The second-order valence-electron chi connectivity index (χ2n) is 4.20. The van der Waals surface area contributed by atoms with E-state index in [1.807, 2.05) is 0 Å². The van der Waals surface area contributed by atoms with Crippen molar-refractivity contribution in [2.24, 2.45) is 5.73 Å². The van der Waals surface area contributed by atoms with Gasteiger partial charge in [-0.1, -0.05) is 0 Å². The third kappa shape index (κ3) is 1.32. The number of anilines is 1. The normalized spacial score (nSPS) is 18.3. The molecule has 1 fully saturated rings. The average molecular weight is 219 g/mol. The highest BCUT2D eigenvalue weighted by molar-refractivity contribution is 5.46. The van der Waals surface area contributed by atoms with Crippen LogP contribution < -0.4 is 11.1 Å². The van der Waals surface area contributed by atoms with E-state index in [1.165, 1.54) is 6.42 Å². The summed E-state index contributed by atoms with van der Waals surface area (Å²) in [7, 11) is 0. The molecule has 7 heteroatoms. The lowest BCUT2D eigenvalue weighted by Gasteiger charge is -2.42. The summed E-state index contributed by atoms with van der Waals surface area (Å²) in [5.74, 6) is 0.799. The number of hydrogen-bond acceptors (Lipinski definition) is 6. The van der Waals surface area contributed by atoms with Gasteiger partial charge in [0.15, 0.2) is 11.5 Å². The first-order chi connectivity index (χ1) is 7.83. The maximum absolute atomic E-state index is 5.79. The molecule has 0 saturated heterocycles. The van der Waals surface area contributed by atoms with E-state index in [4.69, 9.17) is 5.73 Å². The first-order valence-electron chi connectivity index (χ1n) is 5.33. The number of nitrogens with two attached hydrogens (primary N) is 1. The van der Waals surface area contributed by atoms with Crippen molar-refractivity contribution in [3.05, 3.63) is 12.4 Å². The third-order valence-electron chi connectivity index (χ3n) is 3.20. The lowest BCUT2D eigenvalue weighted by Crippen LogP contribution is -2.51. The van der Waals surface area contributed by atoms with Crippen LogP contribution in [0, 0.1) is 0 Å². The summed E-state index contributed by atoms with van der Waals surface area (Å²) in [6.45, 7) is 0.617. The highest BCUT2D eigenvalue weighted by atomic mass is 15.5. The molecule has 3 N–H and O–H groups in total. The van der Waals surface area contributed by atoms with Crippen LogP contribution in [0.5, 0.6) is 0 Å². The van der Waals surface area contributed by atoms with Gasteiger partial charge in [0.2, 0.25) is 0 Å². The molecule has 1 aliphatic carbocycles. The molecule has 84 valence electrons. The largest absolute Gasteiger partial charge is 0.362 e. The van der Waals surface area contributed by atoms with Gasteiger partial charge in [0.1, 0.15) is 0 Å². The van der Waals surface area contributed by atoms with Crippen molar-refractivity contribution in [2.45, 2.75) is 24.8 Å². The molecule has 0 unspecified atom stereocenters. The topological polar surface area (TPSA) is 94.0 Å². The third-order valence-corrected chi connectivity index (χ3v) is 3.20. The van der Waals surface area contributed by atoms with Crippen LogP contribution in [-0.2, 0) is 0 Å². The second-order valence-corrected chi connectivity index (χ2v) is 4.20. The highest BCUT2D eigenvalue weighted by Crippen LogP contribution is 2.33. The monoisotopic (exact) mass is 219 g/mol. The molecule has 2 aromatic heterocycles. The van der Waals surface area contributed by atoms with E-state index in [0.717, 1.165) is 18.7 Å². The maximum atomic E-state index is 5.79. The van der Waals surface area contributed by atoms with E-state index < -0.39 is 0 Å². The van der Waals surface area contributed by atoms with E-state index >= 15 is 0 Å². The van der Waals surface area contributed by atoms with Gasteiger partial charge in [0.05, 0.1) is 17.9 Å². The SMILES string of the molecule is NCC1(Nc2cncc3nnnn23)CCC1. The van der Waals surface area contributed by atoms with Crippen molar-refractivity contribution in [3.63, 3.8) is 0 Å². The number of nitrogens with zero attached hydrogens (tertiary/aromatic N) is 5. The first-order valence-corrected chi connectivity index (χ1v) is 5.33. The first kappa shape index (κ1) is 9.46. The molecule has 1 aliphatic rings. The van der Waals surface area contributed by atoms with Crippen molar-refractivity contribution < 1.29 is 0 Å². The molecule has 0 bridgehead atoms. The van der Waals surface area contributed by atoms with Crippen LogP contribution in [0.2, 0.25) is 0 Å². The number of fused-ring (bicyclic) bond motifs is 1. The van der Waals surface area contributed by atoms with Crippen LogP contribution in [-0.4, -0.2) is 37.1 Å². The fourth-order valence-electron chi connectivity index (χ4n) is 2.02. The van der Waals surface area contributed by atoms with Crippen molar-refractivity contribution >= 4 is 11.5 Å². The molecule has 0 aromatic carbocycles. The quantitative estimate of drug-likeness (QED) is 0.743. The fraction of sp³-hybridized carbons (Fsp3) is 0.556. The maximum Gasteiger partial charge on any atom is 0.199 e. The Morgan fingerprint density at radius 3 is 3.00 bits per heavy atom. The van der Waals surface area contributed by atoms with Crippen LogP contribution in [0.4, 0.5) is 5.82 Å². The Bertz CT molecular complexity index is 496. The smallest absolute Gasteiger partial charge is 0.199 e. The van der Waals surface area contributed by atoms with Crippen LogP contribution >= 0.6 is 0 Å². The van der Waals surface area contributed by atoms with Gasteiger partial charge in [-0.2, -0.15) is 4.52 Å². The molecule has 16 heavy (non-hydrogen) atoms. The number of tetrazole rings is 1. The number of aromatic nitrogens is 5. The molecular formula is C9H13N7. The summed E-state index contributed by atoms with van der Waals surface area (Å²) >= 11 is 0. The van der Waals surface area contributed by atoms with Gasteiger partial charge in [0.25, 0.3) is 0 Å². The molecule has 2 heterocycles. The molecule has 0 spiro atoms. The lowest BCUT2D eigenvalue weighted by atomic mass is 9.77. The minimum Gasteiger partial charge on any atom is -0.362 e. The Labute approximate surface area is 92.0 Å². The van der Waals surface area contributed by atoms with Crippen molar-refractivity contribution in [1.82, 2.24) is 25.0 Å². The molecule has 0 amide bonds. The molecule has 7 nitrogen and oxygen atoms in total. The van der Waals surface area contributed by atoms with Crippen LogP contribution in [0.3, 0.4) is 0 Å². The summed E-state index contributed by atoms with van der Waals surface area (Å²) in [4.78, 5) is 4.10. The summed E-state index contributed by atoms with van der Waals surface area (Å²) in [6.07, 6.45) is 6.73. The predicted octanol–water partition coefficient (Wildman–Crippen LogP) is -0.187. The number of rotatable bonds is 3. The molecule has 2 aromatic rings. The Hall–Kier alpha value is -1.76. The van der Waals surface area contributed by atoms with Gasteiger partial charge in [-0.25, -0.2) is 0 Å². The Morgan fingerprint density at radius 2 is 2.31 bits per heavy atom. The zero-order valence-corrected chi connectivity index (χ0v) is 8.80. The van der Waals surface area contributed by atoms with Crippen LogP contribution in [0.1, 0.15) is 19.3 Å². The van der Waals surface area contributed by atoms with Gasteiger partial charge in [-0.05, 0) is 29.7 Å². The Balaban J connectivity index is 1.96. The van der Waals surface area contributed by atoms with Gasteiger partial charge in [0, 0.05) is 6.54 Å². The predicted molar refractivity (Wildman–Crippen MR) is 57.8 cm³/mol. The molecular weight excluding hydrogens is 206 g/mol. The molecule has 0 radical (unpaired) electrons. The summed E-state index contributed by atoms with van der Waals surface area (Å²) in [6, 6.07) is 0. The highest BCUT2D eigenvalue weighted by Gasteiger charge is 2.36. The van der Waals surface area contributed by atoms with Crippen LogP contribution in [0.15, 0.2) is 12.4 Å². The lowest BCUT2D eigenvalue weighted by molar-refractivity contribution is 0.286. The Morgan fingerprint density at radius 1 is 1.44 bits per heavy atom. The summed E-state index contributed by atoms with van der Waals surface area (Å²) < 4.78 is 1.64. The van der Waals surface area contributed by atoms with E-state index in [1.54, 1.807) is 16.9 Å². The average Bonchev–Trinajstić information content (AvgIpc) is 2.72. The minimum absolute atomic E-state index is 0.00190. The van der Waals surface area contributed by atoms with Gasteiger partial charge >= 0.3 is 0 Å². The van der Waals surface area contributed by atoms with Gasteiger partial charge in [-0.3, -0.25) is 4.98 Å². The fourth-order valence-corrected chi connectivity index (χ4v) is 2.02. The summed E-state index contributed by atoms with van der Waals surface area (Å²) in [5, 5.41) is 14.8. The zero-order valence-electron chi connectivity index (χ0n) is 8.80. The van der Waals surface area contributed by atoms with Crippen molar-refractivity contribution in [2.75, 3.05) is 11.9 Å². The molecule has 0 atom stereocenters. The molecule has 0 aliphatic heterocycles. The van der Waals surface area contributed by atoms with Crippen LogP contribution in [0.25, 0.3) is 5.65 Å². The van der Waals surface area contributed by atoms with Gasteiger partial charge in [-0.15, -0.1) is 5.10 Å². The molecule has 1 saturated carbocycles. The van der Waals surface area contributed by atoms with E-state index in [9.17, 15) is 0 Å². The van der Waals surface area contributed by atoms with E-state index in [0.29, 0.717) is 12.2 Å². The standard InChI is InChI=1S/C9H13N7/c10-6-9(2-1-3-9)12-7-4-11-5-8-13-14-15-16(7)8/h4-5,12H,1-3,6,10H2. The van der Waals surface area contributed by atoms with Crippen molar-refractivity contribution in [3.8, 4) is 0 Å². The van der Waals surface area contributed by atoms with E-state index in [-0.39, 0.29) is 5.54 Å². The number of nitrogens with one attached hydrogen (secondary N) is 1. The van der Waals surface area contributed by atoms with E-state index in [2.05, 4.69) is 25.8 Å². The molecule has 3 rings (SSSR count). The summed E-state index contributed by atoms with van der Waals surface area (Å²) in [5.41, 5.74) is 6.43. The number of hydrogen-bond donors (Lipinski definition) is 2. The van der Waals surface area contributed by atoms with Gasteiger partial charge < -0.3 is 11.1 Å².